The molecular weight excluding hydrogens is 535 g/mol. The molecule has 1 amide bonds. The second-order valence-electron chi connectivity index (χ2n) is 8.49. The van der Waals surface area contributed by atoms with Gasteiger partial charge in [-0.15, -0.1) is 11.3 Å². The largest absolute Gasteiger partial charge is 0.272 e. The molecule has 0 unspecified atom stereocenters. The summed E-state index contributed by atoms with van der Waals surface area (Å²) in [6, 6.07) is 12.9. The number of carbonyl (C=O) groups is 1. The van der Waals surface area contributed by atoms with Gasteiger partial charge >= 0.3 is 0 Å². The fourth-order valence-corrected chi connectivity index (χ4v) is 6.63. The van der Waals surface area contributed by atoms with Crippen LogP contribution in [0.25, 0.3) is 15.9 Å². The van der Waals surface area contributed by atoms with Gasteiger partial charge in [0.1, 0.15) is 4.83 Å². The minimum absolute atomic E-state index is 0.0372. The maximum Gasteiger partial charge on any atom is 0.267 e. The van der Waals surface area contributed by atoms with Gasteiger partial charge in [-0.2, -0.15) is 5.10 Å². The third-order valence-corrected chi connectivity index (χ3v) is 8.91. The van der Waals surface area contributed by atoms with E-state index >= 15 is 0 Å². The third-order valence-electron chi connectivity index (χ3n) is 5.96. The number of thiophene rings is 1. The molecule has 184 valence electrons. The number of amides is 1. The topological polar surface area (TPSA) is 76.3 Å². The van der Waals surface area contributed by atoms with Crippen molar-refractivity contribution in [3.8, 4) is 5.69 Å². The molecule has 0 aliphatic heterocycles. The molecule has 1 aliphatic carbocycles. The SMILES string of the molecule is Cc1ccc(-n2c(SCC(=O)NN=Cc3cccc(Cl)c3Cl)nc3sc4c(c3c2=O)CCCC4)cc1. The van der Waals surface area contributed by atoms with Crippen LogP contribution in [0.15, 0.2) is 57.5 Å². The van der Waals surface area contributed by atoms with Crippen molar-refractivity contribution in [3.05, 3.63) is 84.4 Å². The fourth-order valence-electron chi connectivity index (χ4n) is 4.16. The van der Waals surface area contributed by atoms with Crippen LogP contribution in [-0.2, 0) is 17.6 Å². The van der Waals surface area contributed by atoms with Crippen LogP contribution < -0.4 is 11.0 Å². The minimum Gasteiger partial charge on any atom is -0.272 e. The molecule has 36 heavy (non-hydrogen) atoms. The first-order chi connectivity index (χ1) is 17.4. The predicted molar refractivity (Wildman–Crippen MR) is 150 cm³/mol. The molecule has 0 fully saturated rings. The average Bonchev–Trinajstić information content (AvgIpc) is 3.25. The van der Waals surface area contributed by atoms with Crippen molar-refractivity contribution in [2.24, 2.45) is 5.10 Å². The Morgan fingerprint density at radius 1 is 1.19 bits per heavy atom. The van der Waals surface area contributed by atoms with Crippen molar-refractivity contribution in [3.63, 3.8) is 0 Å². The summed E-state index contributed by atoms with van der Waals surface area (Å²) in [5.41, 5.74) is 5.98. The summed E-state index contributed by atoms with van der Waals surface area (Å²) >= 11 is 15.0. The van der Waals surface area contributed by atoms with E-state index < -0.39 is 0 Å². The molecule has 0 atom stereocenters. The highest BCUT2D eigenvalue weighted by Gasteiger charge is 2.23. The zero-order valence-corrected chi connectivity index (χ0v) is 22.5. The summed E-state index contributed by atoms with van der Waals surface area (Å²) in [6.45, 7) is 2.00. The van der Waals surface area contributed by atoms with Gasteiger partial charge in [0.2, 0.25) is 0 Å². The number of aromatic nitrogens is 2. The number of nitrogens with one attached hydrogen (secondary N) is 1. The Morgan fingerprint density at radius 3 is 2.78 bits per heavy atom. The van der Waals surface area contributed by atoms with Crippen molar-refractivity contribution in [1.29, 1.82) is 0 Å². The Labute approximate surface area is 226 Å². The van der Waals surface area contributed by atoms with E-state index in [-0.39, 0.29) is 17.2 Å². The van der Waals surface area contributed by atoms with E-state index in [0.717, 1.165) is 47.3 Å². The lowest BCUT2D eigenvalue weighted by atomic mass is 9.97. The van der Waals surface area contributed by atoms with Crippen LogP contribution in [0.4, 0.5) is 0 Å². The number of benzene rings is 2. The van der Waals surface area contributed by atoms with Gasteiger partial charge in [-0.25, -0.2) is 10.4 Å². The van der Waals surface area contributed by atoms with E-state index in [1.54, 1.807) is 34.1 Å². The van der Waals surface area contributed by atoms with Crippen molar-refractivity contribution in [2.45, 2.75) is 37.8 Å². The van der Waals surface area contributed by atoms with Gasteiger partial charge in [-0.05, 0) is 56.4 Å². The number of fused-ring (bicyclic) bond motifs is 3. The first-order valence-corrected chi connectivity index (χ1v) is 14.0. The lowest BCUT2D eigenvalue weighted by Gasteiger charge is -2.13. The zero-order chi connectivity index (χ0) is 25.2. The van der Waals surface area contributed by atoms with Crippen LogP contribution in [0.1, 0.15) is 34.4 Å². The molecule has 2 aromatic heterocycles. The number of hydrogen-bond donors (Lipinski definition) is 1. The number of hydrazone groups is 1. The molecule has 1 aliphatic rings. The third kappa shape index (κ3) is 5.09. The predicted octanol–water partition coefficient (Wildman–Crippen LogP) is 6.18. The molecule has 6 nitrogen and oxygen atoms in total. The first kappa shape index (κ1) is 25.0. The van der Waals surface area contributed by atoms with Gasteiger partial charge in [0, 0.05) is 10.4 Å². The molecule has 4 aromatic rings. The van der Waals surface area contributed by atoms with E-state index in [9.17, 15) is 9.59 Å². The van der Waals surface area contributed by atoms with E-state index in [4.69, 9.17) is 28.2 Å². The molecule has 2 heterocycles. The number of aryl methyl sites for hydroxylation is 3. The Kier molecular flexibility index (Phi) is 7.48. The summed E-state index contributed by atoms with van der Waals surface area (Å²) in [4.78, 5) is 33.2. The number of halogens is 2. The Hall–Kier alpha value is -2.65. The monoisotopic (exact) mass is 556 g/mol. The Balaban J connectivity index is 1.43. The van der Waals surface area contributed by atoms with Gasteiger partial charge in [0.25, 0.3) is 11.5 Å². The number of rotatable bonds is 6. The molecular formula is C26H22Cl2N4O2S2. The number of nitrogens with zero attached hydrogens (tertiary/aromatic N) is 3. The van der Waals surface area contributed by atoms with E-state index in [1.807, 2.05) is 31.2 Å². The van der Waals surface area contributed by atoms with Gasteiger partial charge in [-0.1, -0.05) is 64.8 Å². The second kappa shape index (κ2) is 10.8. The molecule has 0 spiro atoms. The summed E-state index contributed by atoms with van der Waals surface area (Å²) in [5.74, 6) is -0.292. The van der Waals surface area contributed by atoms with E-state index in [1.165, 1.54) is 22.9 Å². The standard InChI is InChI=1S/C26H22Cl2N4O2S2/c1-15-9-11-17(12-10-15)32-25(34)22-18-6-2-3-8-20(18)36-24(22)30-26(32)35-14-21(33)31-29-13-16-5-4-7-19(27)23(16)28/h4-5,7,9-13H,2-3,6,8,14H2,1H3,(H,31,33). The first-order valence-electron chi connectivity index (χ1n) is 11.5. The van der Waals surface area contributed by atoms with Crippen LogP contribution in [0.5, 0.6) is 0 Å². The minimum atomic E-state index is -0.329. The van der Waals surface area contributed by atoms with Gasteiger partial charge in [0.05, 0.1) is 33.1 Å². The van der Waals surface area contributed by atoms with Gasteiger partial charge in [0.15, 0.2) is 5.16 Å². The number of thioether (sulfide) groups is 1. The van der Waals surface area contributed by atoms with Crippen LogP contribution in [-0.4, -0.2) is 27.4 Å². The number of hydrogen-bond acceptors (Lipinski definition) is 6. The van der Waals surface area contributed by atoms with Crippen molar-refractivity contribution in [1.82, 2.24) is 15.0 Å². The molecule has 0 saturated carbocycles. The molecule has 0 saturated heterocycles. The second-order valence-corrected chi connectivity index (χ2v) is 11.3. The highest BCUT2D eigenvalue weighted by molar-refractivity contribution is 7.99. The summed E-state index contributed by atoms with van der Waals surface area (Å²) in [6.07, 6.45) is 5.55. The molecule has 2 aromatic carbocycles. The molecule has 10 heteroatoms. The zero-order valence-electron chi connectivity index (χ0n) is 19.4. The summed E-state index contributed by atoms with van der Waals surface area (Å²) in [7, 11) is 0. The molecule has 1 N–H and O–H groups in total. The number of carbonyl (C=O) groups excluding carboxylic acids is 1. The lowest BCUT2D eigenvalue weighted by molar-refractivity contribution is -0.118. The van der Waals surface area contributed by atoms with Gasteiger partial charge in [-0.3, -0.25) is 14.2 Å². The Bertz CT molecular complexity index is 1540. The van der Waals surface area contributed by atoms with E-state index in [0.29, 0.717) is 26.2 Å². The molecule has 0 bridgehead atoms. The fraction of sp³-hybridized carbons (Fsp3) is 0.231. The van der Waals surface area contributed by atoms with Crippen LogP contribution in [0.3, 0.4) is 0 Å². The normalized spacial score (nSPS) is 13.3. The smallest absolute Gasteiger partial charge is 0.267 e. The van der Waals surface area contributed by atoms with E-state index in [2.05, 4.69) is 10.5 Å². The lowest BCUT2D eigenvalue weighted by Crippen LogP contribution is -2.24. The van der Waals surface area contributed by atoms with Crippen LogP contribution in [0, 0.1) is 6.92 Å². The highest BCUT2D eigenvalue weighted by atomic mass is 35.5. The average molecular weight is 558 g/mol. The van der Waals surface area contributed by atoms with Crippen molar-refractivity contribution < 1.29 is 4.79 Å². The quantitative estimate of drug-likeness (QED) is 0.133. The van der Waals surface area contributed by atoms with Crippen molar-refractivity contribution >= 4 is 68.6 Å². The summed E-state index contributed by atoms with van der Waals surface area (Å²) < 4.78 is 1.62. The van der Waals surface area contributed by atoms with Crippen LogP contribution >= 0.6 is 46.3 Å². The maximum absolute atomic E-state index is 13.8. The molecule has 5 rings (SSSR count). The van der Waals surface area contributed by atoms with Crippen LogP contribution in [0.2, 0.25) is 10.0 Å². The molecule has 0 radical (unpaired) electrons. The summed E-state index contributed by atoms with van der Waals surface area (Å²) in [5, 5.41) is 5.96. The van der Waals surface area contributed by atoms with Crippen molar-refractivity contribution in [2.75, 3.05) is 5.75 Å². The van der Waals surface area contributed by atoms with Gasteiger partial charge < -0.3 is 0 Å². The Morgan fingerprint density at radius 2 is 1.97 bits per heavy atom. The maximum atomic E-state index is 13.8. The highest BCUT2D eigenvalue weighted by Crippen LogP contribution is 2.35.